The minimum Gasteiger partial charge on any atom is -0.489 e. The number of aromatic nitrogens is 2. The first-order valence-corrected chi connectivity index (χ1v) is 10.8. The fourth-order valence-corrected chi connectivity index (χ4v) is 4.53. The van der Waals surface area contributed by atoms with Crippen LogP contribution in [0, 0.1) is 11.3 Å². The summed E-state index contributed by atoms with van der Waals surface area (Å²) in [6.07, 6.45) is 4.67. The number of fused-ring (bicyclic) bond motifs is 2. The van der Waals surface area contributed by atoms with Gasteiger partial charge in [-0.1, -0.05) is 0 Å². The van der Waals surface area contributed by atoms with Gasteiger partial charge in [0.2, 0.25) is 5.91 Å². The van der Waals surface area contributed by atoms with Crippen LogP contribution in [0.4, 0.5) is 5.69 Å². The van der Waals surface area contributed by atoms with Crippen LogP contribution in [0.15, 0.2) is 30.6 Å². The summed E-state index contributed by atoms with van der Waals surface area (Å²) in [5, 5.41) is 12.2. The van der Waals surface area contributed by atoms with E-state index in [-0.39, 0.29) is 11.5 Å². The van der Waals surface area contributed by atoms with Gasteiger partial charge in [0, 0.05) is 12.2 Å². The summed E-state index contributed by atoms with van der Waals surface area (Å²) in [7, 11) is 0. The number of hydrogen-bond acceptors (Lipinski definition) is 8. The average molecular weight is 435 g/mol. The maximum Gasteiger partial charge on any atom is 0.317 e. The lowest BCUT2D eigenvalue weighted by atomic mass is 9.73. The fraction of sp³-hybridized carbons (Fsp3) is 0.478. The van der Waals surface area contributed by atoms with Crippen LogP contribution in [0.25, 0.3) is 0 Å². The molecular formula is C23H25N5O4. The van der Waals surface area contributed by atoms with Gasteiger partial charge in [0.15, 0.2) is 11.4 Å². The summed E-state index contributed by atoms with van der Waals surface area (Å²) in [4.78, 5) is 23.5. The van der Waals surface area contributed by atoms with Crippen molar-refractivity contribution >= 4 is 11.6 Å². The Morgan fingerprint density at radius 1 is 1.25 bits per heavy atom. The second kappa shape index (κ2) is 8.04. The molecule has 9 nitrogen and oxygen atoms in total. The van der Waals surface area contributed by atoms with E-state index < -0.39 is 5.41 Å². The average Bonchev–Trinajstić information content (AvgIpc) is 3.05. The monoisotopic (exact) mass is 435 g/mol. The Hall–Kier alpha value is -3.22. The van der Waals surface area contributed by atoms with Crippen molar-refractivity contribution in [1.82, 2.24) is 14.9 Å². The molecule has 1 amide bonds. The van der Waals surface area contributed by atoms with Gasteiger partial charge >= 0.3 is 6.01 Å². The van der Waals surface area contributed by atoms with Crippen LogP contribution in [0.3, 0.4) is 0 Å². The van der Waals surface area contributed by atoms with E-state index in [0.29, 0.717) is 37.1 Å². The van der Waals surface area contributed by atoms with Gasteiger partial charge in [0.1, 0.15) is 6.61 Å². The number of piperidine rings is 1. The fourth-order valence-electron chi connectivity index (χ4n) is 4.53. The van der Waals surface area contributed by atoms with Crippen LogP contribution in [0.5, 0.6) is 11.8 Å². The zero-order valence-corrected chi connectivity index (χ0v) is 18.0. The van der Waals surface area contributed by atoms with Gasteiger partial charge in [-0.2, -0.15) is 15.2 Å². The zero-order valence-electron chi connectivity index (χ0n) is 18.0. The van der Waals surface area contributed by atoms with Crippen molar-refractivity contribution in [3.05, 3.63) is 41.7 Å². The molecule has 9 heteroatoms. The highest BCUT2D eigenvalue weighted by Gasteiger charge is 2.48. The summed E-state index contributed by atoms with van der Waals surface area (Å²) in [6.45, 7) is 5.87. The number of nitriles is 1. The minimum atomic E-state index is -0.536. The Morgan fingerprint density at radius 2 is 2.00 bits per heavy atom. The van der Waals surface area contributed by atoms with Crippen LogP contribution in [0.2, 0.25) is 0 Å². The Labute approximate surface area is 186 Å². The van der Waals surface area contributed by atoms with Gasteiger partial charge in [0.05, 0.1) is 42.7 Å². The third kappa shape index (κ3) is 3.76. The predicted molar refractivity (Wildman–Crippen MR) is 115 cm³/mol. The van der Waals surface area contributed by atoms with Crippen molar-refractivity contribution in [1.29, 1.82) is 5.26 Å². The van der Waals surface area contributed by atoms with Gasteiger partial charge < -0.3 is 19.5 Å². The van der Waals surface area contributed by atoms with Gasteiger partial charge in [-0.05, 0) is 56.6 Å². The molecule has 3 aliphatic rings. The highest BCUT2D eigenvalue weighted by atomic mass is 16.6. The molecule has 5 rings (SSSR count). The van der Waals surface area contributed by atoms with E-state index in [1.165, 1.54) is 0 Å². The topological polar surface area (TPSA) is 110 Å². The molecule has 0 radical (unpaired) electrons. The first kappa shape index (κ1) is 20.7. The number of amides is 1. The molecule has 3 aliphatic heterocycles. The van der Waals surface area contributed by atoms with Gasteiger partial charge in [0.25, 0.3) is 0 Å². The molecular weight excluding hydrogens is 410 g/mol. The summed E-state index contributed by atoms with van der Waals surface area (Å²) >= 11 is 0. The SMILES string of the molecule is CC1(Oc2ncc(OCCN3CCC4(CC3)C(=O)Nc3ccc(C#N)cc34)cn2)COC1. The first-order chi connectivity index (χ1) is 15.5. The van der Waals surface area contributed by atoms with E-state index in [1.54, 1.807) is 18.5 Å². The van der Waals surface area contributed by atoms with E-state index in [9.17, 15) is 10.1 Å². The molecule has 2 aromatic rings. The zero-order chi connectivity index (χ0) is 22.2. The van der Waals surface area contributed by atoms with Crippen molar-refractivity contribution < 1.29 is 19.0 Å². The van der Waals surface area contributed by atoms with E-state index in [4.69, 9.17) is 14.2 Å². The molecule has 0 atom stereocenters. The maximum absolute atomic E-state index is 12.8. The molecule has 0 bridgehead atoms. The summed E-state index contributed by atoms with van der Waals surface area (Å²) in [5.74, 6) is 0.634. The van der Waals surface area contributed by atoms with Crippen LogP contribution in [0.1, 0.15) is 30.9 Å². The highest BCUT2D eigenvalue weighted by Crippen LogP contribution is 2.45. The van der Waals surface area contributed by atoms with Crippen LogP contribution in [-0.4, -0.2) is 65.8 Å². The number of nitrogens with one attached hydrogen (secondary N) is 1. The van der Waals surface area contributed by atoms with Crippen LogP contribution < -0.4 is 14.8 Å². The number of benzene rings is 1. The third-order valence-corrected chi connectivity index (χ3v) is 6.49. The number of hydrogen-bond donors (Lipinski definition) is 1. The second-order valence-electron chi connectivity index (χ2n) is 8.84. The smallest absolute Gasteiger partial charge is 0.317 e. The van der Waals surface area contributed by atoms with Crippen molar-refractivity contribution in [3.8, 4) is 17.8 Å². The van der Waals surface area contributed by atoms with Crippen LogP contribution in [-0.2, 0) is 14.9 Å². The number of carbonyl (C=O) groups excluding carboxylic acids is 1. The first-order valence-electron chi connectivity index (χ1n) is 10.8. The summed E-state index contributed by atoms with van der Waals surface area (Å²) in [5.41, 5.74) is 1.49. The number of ether oxygens (including phenoxy) is 3. The van der Waals surface area contributed by atoms with Crippen molar-refractivity contribution in [2.24, 2.45) is 0 Å². The lowest BCUT2D eigenvalue weighted by Gasteiger charge is -2.38. The molecule has 1 aromatic heterocycles. The largest absolute Gasteiger partial charge is 0.489 e. The standard InChI is InChI=1S/C23H25N5O4/c1-22(14-30-15-22)32-21-25-12-17(13-26-21)31-9-8-28-6-4-23(5-7-28)18-10-16(11-24)2-3-19(18)27-20(23)29/h2-3,10,12-13H,4-9,14-15H2,1H3,(H,27,29). The van der Waals surface area contributed by atoms with E-state index >= 15 is 0 Å². The molecule has 0 unspecified atom stereocenters. The predicted octanol–water partition coefficient (Wildman–Crippen LogP) is 1.88. The van der Waals surface area contributed by atoms with E-state index in [0.717, 1.165) is 43.7 Å². The number of nitrogens with zero attached hydrogens (tertiary/aromatic N) is 4. The summed E-state index contributed by atoms with van der Waals surface area (Å²) < 4.78 is 16.7. The Kier molecular flexibility index (Phi) is 5.19. The van der Waals surface area contributed by atoms with Crippen molar-refractivity contribution in [2.75, 3.05) is 44.8 Å². The lowest BCUT2D eigenvalue weighted by molar-refractivity contribution is -0.153. The van der Waals surface area contributed by atoms with Crippen molar-refractivity contribution in [2.45, 2.75) is 30.8 Å². The maximum atomic E-state index is 12.8. The van der Waals surface area contributed by atoms with Crippen LogP contribution >= 0.6 is 0 Å². The molecule has 0 aliphatic carbocycles. The lowest BCUT2D eigenvalue weighted by Crippen LogP contribution is -2.51. The number of likely N-dealkylation sites (tertiary alicyclic amines) is 1. The summed E-state index contributed by atoms with van der Waals surface area (Å²) in [6, 6.07) is 7.93. The molecule has 1 N–H and O–H groups in total. The van der Waals surface area contributed by atoms with Gasteiger partial charge in [-0.3, -0.25) is 9.69 Å². The molecule has 1 aromatic carbocycles. The molecule has 0 saturated carbocycles. The molecule has 1 spiro atoms. The molecule has 2 saturated heterocycles. The van der Waals surface area contributed by atoms with Gasteiger partial charge in [-0.25, -0.2) is 0 Å². The molecule has 32 heavy (non-hydrogen) atoms. The van der Waals surface area contributed by atoms with E-state index in [1.807, 2.05) is 19.1 Å². The normalized spacial score (nSPS) is 20.7. The van der Waals surface area contributed by atoms with Crippen molar-refractivity contribution in [3.63, 3.8) is 0 Å². The second-order valence-corrected chi connectivity index (χ2v) is 8.84. The Balaban J connectivity index is 1.12. The molecule has 4 heterocycles. The van der Waals surface area contributed by atoms with Gasteiger partial charge in [-0.15, -0.1) is 0 Å². The third-order valence-electron chi connectivity index (χ3n) is 6.49. The van der Waals surface area contributed by atoms with E-state index in [2.05, 4.69) is 26.3 Å². The minimum absolute atomic E-state index is 0.0419. The Bertz CT molecular complexity index is 1050. The molecule has 166 valence electrons. The number of anilines is 1. The molecule has 2 fully saturated rings. The quantitative estimate of drug-likeness (QED) is 0.733. The Morgan fingerprint density at radius 3 is 2.66 bits per heavy atom. The highest BCUT2D eigenvalue weighted by molar-refractivity contribution is 6.06. The number of carbonyl (C=O) groups is 1. The number of rotatable bonds is 6.